The van der Waals surface area contributed by atoms with Crippen LogP contribution in [0.1, 0.15) is 31.8 Å². The molecule has 28 heavy (non-hydrogen) atoms. The second kappa shape index (κ2) is 8.86. The number of hydrogen-bond donors (Lipinski definition) is 1. The summed E-state index contributed by atoms with van der Waals surface area (Å²) in [5.41, 5.74) is 8.77. The Morgan fingerprint density at radius 3 is 1.89 bits per heavy atom. The number of nitrogens with two attached hydrogens (primary N) is 1. The number of methoxy groups -OCH3 is 1. The molecule has 0 aliphatic rings. The van der Waals surface area contributed by atoms with Crippen molar-refractivity contribution in [1.29, 1.82) is 0 Å². The summed E-state index contributed by atoms with van der Waals surface area (Å²) < 4.78 is 4.76. The minimum absolute atomic E-state index is 0.183. The van der Waals surface area contributed by atoms with E-state index in [0.717, 1.165) is 11.1 Å². The molecular formula is C23H22N2O3. The summed E-state index contributed by atoms with van der Waals surface area (Å²) in [7, 11) is 1.29. The molecule has 0 aliphatic carbocycles. The van der Waals surface area contributed by atoms with Gasteiger partial charge < -0.3 is 15.4 Å². The summed E-state index contributed by atoms with van der Waals surface area (Å²) in [6, 6.07) is 24.3. The van der Waals surface area contributed by atoms with Gasteiger partial charge in [0.15, 0.2) is 0 Å². The monoisotopic (exact) mass is 374 g/mol. The van der Waals surface area contributed by atoms with Gasteiger partial charge in [-0.2, -0.15) is 0 Å². The summed E-state index contributed by atoms with van der Waals surface area (Å²) in [6.45, 7) is 0.902. The molecule has 0 unspecified atom stereocenters. The van der Waals surface area contributed by atoms with Gasteiger partial charge in [0.2, 0.25) is 0 Å². The predicted octanol–water partition coefficient (Wildman–Crippen LogP) is 3.90. The van der Waals surface area contributed by atoms with Gasteiger partial charge in [-0.25, -0.2) is 4.79 Å². The maximum atomic E-state index is 13.3. The molecule has 142 valence electrons. The van der Waals surface area contributed by atoms with E-state index in [1.54, 1.807) is 17.0 Å². The lowest BCUT2D eigenvalue weighted by Gasteiger charge is -2.23. The number of nitrogen functional groups attached to an aromatic ring is 1. The zero-order chi connectivity index (χ0) is 19.9. The molecule has 3 aromatic carbocycles. The molecule has 5 heteroatoms. The number of amides is 1. The highest BCUT2D eigenvalue weighted by Crippen LogP contribution is 2.19. The molecule has 0 radical (unpaired) electrons. The van der Waals surface area contributed by atoms with E-state index < -0.39 is 5.97 Å². The van der Waals surface area contributed by atoms with Gasteiger partial charge >= 0.3 is 5.97 Å². The van der Waals surface area contributed by atoms with Crippen LogP contribution in [-0.4, -0.2) is 23.9 Å². The predicted molar refractivity (Wildman–Crippen MR) is 109 cm³/mol. The number of anilines is 1. The van der Waals surface area contributed by atoms with Crippen LogP contribution in [0.25, 0.3) is 0 Å². The van der Waals surface area contributed by atoms with Crippen LogP contribution in [0.15, 0.2) is 78.9 Å². The Hall–Kier alpha value is -3.60. The van der Waals surface area contributed by atoms with Crippen LogP contribution in [-0.2, 0) is 17.8 Å². The number of nitrogens with zero attached hydrogens (tertiary/aromatic N) is 1. The van der Waals surface area contributed by atoms with Gasteiger partial charge in [-0.05, 0) is 29.3 Å². The SMILES string of the molecule is COC(=O)c1cc(C(=O)N(Cc2ccccc2)Cc2ccccc2)ccc1N. The van der Waals surface area contributed by atoms with Crippen molar-refractivity contribution < 1.29 is 14.3 Å². The molecule has 0 saturated carbocycles. The average molecular weight is 374 g/mol. The minimum atomic E-state index is -0.565. The number of hydrogen-bond acceptors (Lipinski definition) is 4. The highest BCUT2D eigenvalue weighted by atomic mass is 16.5. The van der Waals surface area contributed by atoms with Crippen LogP contribution in [0.5, 0.6) is 0 Å². The topological polar surface area (TPSA) is 72.6 Å². The Morgan fingerprint density at radius 1 is 0.857 bits per heavy atom. The lowest BCUT2D eigenvalue weighted by Crippen LogP contribution is -2.30. The maximum absolute atomic E-state index is 13.3. The fourth-order valence-corrected chi connectivity index (χ4v) is 2.97. The summed E-state index contributed by atoms with van der Waals surface area (Å²) in [4.78, 5) is 26.9. The molecular weight excluding hydrogens is 352 g/mol. The van der Waals surface area contributed by atoms with Gasteiger partial charge in [0, 0.05) is 24.3 Å². The second-order valence-electron chi connectivity index (χ2n) is 6.43. The Bertz CT molecular complexity index is 915. The number of carbonyl (C=O) groups is 2. The van der Waals surface area contributed by atoms with Crippen molar-refractivity contribution in [3.63, 3.8) is 0 Å². The van der Waals surface area contributed by atoms with Crippen molar-refractivity contribution in [3.8, 4) is 0 Å². The van der Waals surface area contributed by atoms with Crippen LogP contribution in [0.4, 0.5) is 5.69 Å². The molecule has 0 spiro atoms. The summed E-state index contributed by atoms with van der Waals surface area (Å²) in [6.07, 6.45) is 0. The maximum Gasteiger partial charge on any atom is 0.339 e. The van der Waals surface area contributed by atoms with Gasteiger partial charge in [-0.15, -0.1) is 0 Å². The zero-order valence-corrected chi connectivity index (χ0v) is 15.7. The van der Waals surface area contributed by atoms with E-state index in [-0.39, 0.29) is 17.2 Å². The van der Waals surface area contributed by atoms with E-state index >= 15 is 0 Å². The Kier molecular flexibility index (Phi) is 6.07. The van der Waals surface area contributed by atoms with Crippen LogP contribution in [0.3, 0.4) is 0 Å². The Morgan fingerprint density at radius 2 is 1.39 bits per heavy atom. The van der Waals surface area contributed by atoms with E-state index in [0.29, 0.717) is 18.7 Å². The molecule has 2 N–H and O–H groups in total. The van der Waals surface area contributed by atoms with E-state index in [1.165, 1.54) is 13.2 Å². The first-order chi connectivity index (χ1) is 13.6. The second-order valence-corrected chi connectivity index (χ2v) is 6.43. The van der Waals surface area contributed by atoms with Crippen molar-refractivity contribution >= 4 is 17.6 Å². The standard InChI is InChI=1S/C23H22N2O3/c1-28-23(27)20-14-19(12-13-21(20)24)22(26)25(15-17-8-4-2-5-9-17)16-18-10-6-3-7-11-18/h2-14H,15-16,24H2,1H3. The molecule has 0 bridgehead atoms. The Labute approximate surface area is 164 Å². The highest BCUT2D eigenvalue weighted by Gasteiger charge is 2.20. The first-order valence-corrected chi connectivity index (χ1v) is 8.93. The fourth-order valence-electron chi connectivity index (χ4n) is 2.97. The molecule has 3 rings (SSSR count). The summed E-state index contributed by atoms with van der Waals surface area (Å²) in [5, 5.41) is 0. The van der Waals surface area contributed by atoms with Gasteiger partial charge in [0.05, 0.1) is 12.7 Å². The number of esters is 1. The van der Waals surface area contributed by atoms with Crippen LogP contribution in [0.2, 0.25) is 0 Å². The lowest BCUT2D eigenvalue weighted by atomic mass is 10.1. The van der Waals surface area contributed by atoms with Crippen LogP contribution in [0, 0.1) is 0 Å². The summed E-state index contributed by atoms with van der Waals surface area (Å²) >= 11 is 0. The average Bonchev–Trinajstić information content (AvgIpc) is 2.74. The van der Waals surface area contributed by atoms with Gasteiger partial charge in [-0.1, -0.05) is 60.7 Å². The van der Waals surface area contributed by atoms with Crippen molar-refractivity contribution in [1.82, 2.24) is 4.90 Å². The Balaban J connectivity index is 1.92. The van der Waals surface area contributed by atoms with E-state index in [2.05, 4.69) is 0 Å². The molecule has 0 heterocycles. The minimum Gasteiger partial charge on any atom is -0.465 e. The largest absolute Gasteiger partial charge is 0.465 e. The molecule has 1 amide bonds. The summed E-state index contributed by atoms with van der Waals surface area (Å²) in [5.74, 6) is -0.748. The molecule has 3 aromatic rings. The quantitative estimate of drug-likeness (QED) is 0.525. The van der Waals surface area contributed by atoms with Crippen molar-refractivity contribution in [2.24, 2.45) is 0 Å². The third kappa shape index (κ3) is 4.57. The van der Waals surface area contributed by atoms with Crippen molar-refractivity contribution in [2.75, 3.05) is 12.8 Å². The van der Waals surface area contributed by atoms with Crippen LogP contribution >= 0.6 is 0 Å². The number of carbonyl (C=O) groups excluding carboxylic acids is 2. The normalized spacial score (nSPS) is 10.3. The number of rotatable bonds is 6. The third-order valence-electron chi connectivity index (χ3n) is 4.43. The molecule has 5 nitrogen and oxygen atoms in total. The number of benzene rings is 3. The van der Waals surface area contributed by atoms with E-state index in [4.69, 9.17) is 10.5 Å². The van der Waals surface area contributed by atoms with Gasteiger partial charge in [-0.3, -0.25) is 4.79 Å². The lowest BCUT2D eigenvalue weighted by molar-refractivity contribution is 0.0602. The molecule has 0 fully saturated rings. The first-order valence-electron chi connectivity index (χ1n) is 8.93. The van der Waals surface area contributed by atoms with Gasteiger partial charge in [0.25, 0.3) is 5.91 Å². The molecule has 0 saturated heterocycles. The van der Waals surface area contributed by atoms with Crippen LogP contribution < -0.4 is 5.73 Å². The molecule has 0 atom stereocenters. The molecule has 0 aliphatic heterocycles. The van der Waals surface area contributed by atoms with E-state index in [1.807, 2.05) is 60.7 Å². The van der Waals surface area contributed by atoms with E-state index in [9.17, 15) is 9.59 Å². The first kappa shape index (κ1) is 19.2. The molecule has 0 aromatic heterocycles. The van der Waals surface area contributed by atoms with Crippen molar-refractivity contribution in [3.05, 3.63) is 101 Å². The fraction of sp³-hybridized carbons (Fsp3) is 0.130. The third-order valence-corrected chi connectivity index (χ3v) is 4.43. The van der Waals surface area contributed by atoms with Gasteiger partial charge in [0.1, 0.15) is 0 Å². The number of ether oxygens (including phenoxy) is 1. The highest BCUT2D eigenvalue weighted by molar-refractivity contribution is 6.00. The van der Waals surface area contributed by atoms with Crippen molar-refractivity contribution in [2.45, 2.75) is 13.1 Å². The smallest absolute Gasteiger partial charge is 0.339 e. The zero-order valence-electron chi connectivity index (χ0n) is 15.7.